The molecule has 3 amide bonds. The number of aromatic nitrogens is 2. The predicted octanol–water partition coefficient (Wildman–Crippen LogP) is 4.23. The Morgan fingerprint density at radius 2 is 1.93 bits per heavy atom. The van der Waals surface area contributed by atoms with Crippen LogP contribution in [0.5, 0.6) is 0 Å². The minimum absolute atomic E-state index is 0.124. The normalized spacial score (nSPS) is 15.8. The van der Waals surface area contributed by atoms with Gasteiger partial charge < -0.3 is 10.6 Å². The van der Waals surface area contributed by atoms with Gasteiger partial charge in [0, 0.05) is 18.7 Å². The van der Waals surface area contributed by atoms with E-state index in [4.69, 9.17) is 0 Å². The lowest BCUT2D eigenvalue weighted by atomic mass is 9.96. The van der Waals surface area contributed by atoms with Gasteiger partial charge in [-0.05, 0) is 37.5 Å². The van der Waals surface area contributed by atoms with Crippen LogP contribution < -0.4 is 16.0 Å². The molecule has 1 aromatic heterocycles. The van der Waals surface area contributed by atoms with Crippen molar-refractivity contribution in [3.8, 4) is 0 Å². The summed E-state index contributed by atoms with van der Waals surface area (Å²) < 4.78 is 1.93. The molecule has 0 saturated heterocycles. The number of carbonyl (C=O) groups excluding carboxylic acids is 2. The van der Waals surface area contributed by atoms with Gasteiger partial charge in [0.05, 0.1) is 18.3 Å². The first-order chi connectivity index (χ1) is 13.0. The minimum Gasteiger partial charge on any atom is -0.331 e. The minimum atomic E-state index is -0.273. The summed E-state index contributed by atoms with van der Waals surface area (Å²) in [5.41, 5.74) is 1.63. The second kappa shape index (κ2) is 8.70. The maximum atomic E-state index is 12.5. The fraction of sp³-hybridized carbons (Fsp3) is 0.450. The van der Waals surface area contributed by atoms with Crippen LogP contribution in [0.3, 0.4) is 0 Å². The van der Waals surface area contributed by atoms with Crippen LogP contribution in [0.4, 0.5) is 16.3 Å². The number of hydrogen-bond donors (Lipinski definition) is 3. The van der Waals surface area contributed by atoms with Crippen molar-refractivity contribution in [3.63, 3.8) is 0 Å². The van der Waals surface area contributed by atoms with Gasteiger partial charge in [0.15, 0.2) is 0 Å². The number of nitrogens with zero attached hydrogens (tertiary/aromatic N) is 2. The molecule has 0 spiro atoms. The molecule has 1 aromatic carbocycles. The van der Waals surface area contributed by atoms with Crippen LogP contribution in [0.1, 0.15) is 63.6 Å². The largest absolute Gasteiger partial charge is 0.331 e. The highest BCUT2D eigenvalue weighted by molar-refractivity contribution is 5.89. The van der Waals surface area contributed by atoms with Gasteiger partial charge in [0.1, 0.15) is 5.82 Å². The molecule has 1 heterocycles. The monoisotopic (exact) mass is 369 g/mol. The summed E-state index contributed by atoms with van der Waals surface area (Å²) in [6, 6.07) is 9.16. The van der Waals surface area contributed by atoms with Crippen molar-refractivity contribution >= 4 is 23.4 Å². The third-order valence-corrected chi connectivity index (χ3v) is 4.89. The van der Waals surface area contributed by atoms with E-state index in [0.29, 0.717) is 11.7 Å². The van der Waals surface area contributed by atoms with Gasteiger partial charge in [-0.1, -0.05) is 31.4 Å². The van der Waals surface area contributed by atoms with E-state index in [1.54, 1.807) is 6.20 Å². The lowest BCUT2D eigenvalue weighted by Crippen LogP contribution is -2.32. The van der Waals surface area contributed by atoms with Gasteiger partial charge in [0.2, 0.25) is 5.91 Å². The zero-order valence-electron chi connectivity index (χ0n) is 15.9. The van der Waals surface area contributed by atoms with Gasteiger partial charge >= 0.3 is 6.03 Å². The molecule has 3 rings (SSSR count). The molecular formula is C20H27N5O2. The van der Waals surface area contributed by atoms with Gasteiger partial charge in [0.25, 0.3) is 0 Å². The van der Waals surface area contributed by atoms with Crippen molar-refractivity contribution in [1.29, 1.82) is 0 Å². The highest BCUT2D eigenvalue weighted by Crippen LogP contribution is 2.29. The Bertz CT molecular complexity index is 795. The highest BCUT2D eigenvalue weighted by Gasteiger charge is 2.19. The molecule has 1 aliphatic rings. The van der Waals surface area contributed by atoms with Crippen molar-refractivity contribution in [2.45, 2.75) is 58.0 Å². The van der Waals surface area contributed by atoms with Gasteiger partial charge in [-0.2, -0.15) is 5.10 Å². The molecule has 0 unspecified atom stereocenters. The van der Waals surface area contributed by atoms with E-state index in [0.717, 1.165) is 24.2 Å². The predicted molar refractivity (Wildman–Crippen MR) is 106 cm³/mol. The average Bonchev–Trinajstić information content (AvgIpc) is 3.10. The molecule has 7 nitrogen and oxygen atoms in total. The number of benzene rings is 1. The van der Waals surface area contributed by atoms with Crippen molar-refractivity contribution < 1.29 is 9.59 Å². The Labute approximate surface area is 159 Å². The molecule has 144 valence electrons. The van der Waals surface area contributed by atoms with Crippen molar-refractivity contribution in [3.05, 3.63) is 42.1 Å². The molecule has 1 aliphatic carbocycles. The first-order valence-corrected chi connectivity index (χ1v) is 9.51. The van der Waals surface area contributed by atoms with E-state index in [-0.39, 0.29) is 18.0 Å². The molecule has 1 saturated carbocycles. The van der Waals surface area contributed by atoms with Crippen molar-refractivity contribution in [1.82, 2.24) is 15.1 Å². The Hall–Kier alpha value is -2.83. The lowest BCUT2D eigenvalue weighted by molar-refractivity contribution is -0.114. The van der Waals surface area contributed by atoms with Gasteiger partial charge in [-0.25, -0.2) is 9.48 Å². The number of amides is 3. The summed E-state index contributed by atoms with van der Waals surface area (Å²) in [6.07, 6.45) is 7.62. The molecule has 27 heavy (non-hydrogen) atoms. The van der Waals surface area contributed by atoms with E-state index in [1.807, 2.05) is 41.9 Å². The van der Waals surface area contributed by atoms with Crippen molar-refractivity contribution in [2.24, 2.45) is 0 Å². The van der Waals surface area contributed by atoms with Crippen LogP contribution in [-0.2, 0) is 4.79 Å². The Balaban J connectivity index is 1.61. The van der Waals surface area contributed by atoms with E-state index in [1.165, 1.54) is 26.2 Å². The summed E-state index contributed by atoms with van der Waals surface area (Å²) >= 11 is 0. The van der Waals surface area contributed by atoms with E-state index in [9.17, 15) is 9.59 Å². The number of urea groups is 1. The smallest absolute Gasteiger partial charge is 0.320 e. The van der Waals surface area contributed by atoms with Crippen LogP contribution in [0, 0.1) is 0 Å². The zero-order chi connectivity index (χ0) is 19.2. The average molecular weight is 369 g/mol. The second-order valence-corrected chi connectivity index (χ2v) is 7.08. The maximum absolute atomic E-state index is 12.5. The summed E-state index contributed by atoms with van der Waals surface area (Å²) in [5, 5.41) is 13.0. The summed E-state index contributed by atoms with van der Waals surface area (Å²) in [7, 11) is 0. The molecule has 7 heteroatoms. The highest BCUT2D eigenvalue weighted by atomic mass is 16.2. The van der Waals surface area contributed by atoms with Crippen LogP contribution in [0.2, 0.25) is 0 Å². The Morgan fingerprint density at radius 3 is 2.67 bits per heavy atom. The summed E-state index contributed by atoms with van der Waals surface area (Å²) in [6.45, 7) is 3.38. The Morgan fingerprint density at radius 1 is 1.15 bits per heavy atom. The topological polar surface area (TPSA) is 88.1 Å². The molecule has 0 aliphatic heterocycles. The van der Waals surface area contributed by atoms with Crippen molar-refractivity contribution in [2.75, 3.05) is 10.6 Å². The number of carbonyl (C=O) groups is 2. The molecule has 0 bridgehead atoms. The first kappa shape index (κ1) is 18.9. The number of rotatable bonds is 5. The molecular weight excluding hydrogens is 342 g/mol. The van der Waals surface area contributed by atoms with E-state index in [2.05, 4.69) is 21.0 Å². The molecule has 2 aromatic rings. The van der Waals surface area contributed by atoms with Crippen LogP contribution in [0.25, 0.3) is 0 Å². The third kappa shape index (κ3) is 5.09. The van der Waals surface area contributed by atoms with Crippen LogP contribution >= 0.6 is 0 Å². The Kier molecular flexibility index (Phi) is 6.11. The lowest BCUT2D eigenvalue weighted by Gasteiger charge is -2.24. The number of nitrogens with one attached hydrogen (secondary N) is 3. The third-order valence-electron chi connectivity index (χ3n) is 4.89. The molecule has 1 fully saturated rings. The standard InChI is InChI=1S/C20H27N5O2/c1-14(16-7-6-8-17(13-16)23-15(2)26)22-20(27)24-19-11-12-21-25(19)18-9-4-3-5-10-18/h6-8,11-14,18H,3-5,9-10H2,1-2H3,(H,23,26)(H2,22,24,27)/t14-/m1/s1. The number of anilines is 2. The molecule has 0 radical (unpaired) electrons. The maximum Gasteiger partial charge on any atom is 0.320 e. The number of hydrogen-bond acceptors (Lipinski definition) is 3. The van der Waals surface area contributed by atoms with Crippen LogP contribution in [-0.4, -0.2) is 21.7 Å². The fourth-order valence-electron chi connectivity index (χ4n) is 3.55. The quantitative estimate of drug-likeness (QED) is 0.737. The first-order valence-electron chi connectivity index (χ1n) is 9.51. The van der Waals surface area contributed by atoms with Crippen LogP contribution in [0.15, 0.2) is 36.5 Å². The second-order valence-electron chi connectivity index (χ2n) is 7.08. The molecule has 1 atom stereocenters. The summed E-state index contributed by atoms with van der Waals surface area (Å²) in [4.78, 5) is 23.7. The summed E-state index contributed by atoms with van der Waals surface area (Å²) in [5.74, 6) is 0.597. The molecule has 3 N–H and O–H groups in total. The van der Waals surface area contributed by atoms with Gasteiger partial charge in [-0.3, -0.25) is 10.1 Å². The van der Waals surface area contributed by atoms with E-state index < -0.39 is 0 Å². The van der Waals surface area contributed by atoms with E-state index >= 15 is 0 Å². The fourth-order valence-corrected chi connectivity index (χ4v) is 3.55. The SMILES string of the molecule is CC(=O)Nc1cccc([C@@H](C)NC(=O)Nc2ccnn2C2CCCCC2)c1. The van der Waals surface area contributed by atoms with Gasteiger partial charge in [-0.15, -0.1) is 0 Å². The zero-order valence-corrected chi connectivity index (χ0v) is 15.9.